The number of Topliss-reactive ketones (excluding diaryl/α,β-unsaturated/α-hetero) is 1. The Morgan fingerprint density at radius 3 is 1.30 bits per heavy atom. The monoisotopic (exact) mass is 1230 g/mol. The van der Waals surface area contributed by atoms with E-state index >= 15 is 0 Å². The molecule has 0 saturated heterocycles. The van der Waals surface area contributed by atoms with Gasteiger partial charge >= 0.3 is 19.6 Å². The number of nitrogens with zero attached hydrogens (tertiary/aromatic N) is 4. The molecule has 0 aliphatic heterocycles. The summed E-state index contributed by atoms with van der Waals surface area (Å²) in [5, 5.41) is 26.5. The van der Waals surface area contributed by atoms with E-state index < -0.39 is 11.9 Å². The number of carboxylic acid groups (broad SMARTS) is 2. The van der Waals surface area contributed by atoms with Gasteiger partial charge in [-0.2, -0.15) is 0 Å². The van der Waals surface area contributed by atoms with Gasteiger partial charge in [-0.25, -0.2) is 19.6 Å². The minimum Gasteiger partial charge on any atom is -0.537 e. The Bertz CT molecular complexity index is 3690. The van der Waals surface area contributed by atoms with Crippen LogP contribution in [0.4, 0.5) is 0 Å². The number of hydrogen-bond acceptors (Lipinski definition) is 7. The number of ketones is 1. The third-order valence-electron chi connectivity index (χ3n) is 11.8. The van der Waals surface area contributed by atoms with E-state index in [0.717, 1.165) is 82.3 Å². The number of aromatic carboxylic acids is 2. The van der Waals surface area contributed by atoms with Gasteiger partial charge in [0, 0.05) is 60.5 Å². The first-order chi connectivity index (χ1) is 38.5. The molecule has 11 aromatic rings. The van der Waals surface area contributed by atoms with Crippen molar-refractivity contribution < 1.29 is 34.3 Å². The highest BCUT2D eigenvalue weighted by molar-refractivity contribution is 9.10. The Balaban J connectivity index is 0.000000153. The van der Waals surface area contributed by atoms with Crippen molar-refractivity contribution in [1.82, 2.24) is 19.1 Å². The van der Waals surface area contributed by atoms with Gasteiger partial charge in [-0.05, 0) is 96.1 Å². The molecule has 11 rings (SSSR count). The number of rotatable bonds is 13. The fourth-order valence-corrected chi connectivity index (χ4v) is 9.15. The smallest absolute Gasteiger partial charge is 0.537 e. The lowest BCUT2D eigenvalue weighted by Gasteiger charge is -2.07. The maximum Gasteiger partial charge on any atom is 0.569 e. The topological polar surface area (TPSA) is 157 Å². The van der Waals surface area contributed by atoms with Crippen molar-refractivity contribution in [2.45, 2.75) is 0 Å². The van der Waals surface area contributed by atoms with Crippen LogP contribution in [0.5, 0.6) is 5.75 Å². The molecule has 2 heterocycles. The summed E-state index contributed by atoms with van der Waals surface area (Å²) in [7, 11) is 0.501. The van der Waals surface area contributed by atoms with E-state index in [1.54, 1.807) is 30.3 Å². The molecular formula is C64H47BBr3N4O7. The predicted octanol–water partition coefficient (Wildman–Crippen LogP) is 15.9. The van der Waals surface area contributed by atoms with Crippen LogP contribution in [0, 0.1) is 0 Å². The van der Waals surface area contributed by atoms with E-state index in [4.69, 9.17) is 20.1 Å². The summed E-state index contributed by atoms with van der Waals surface area (Å²) in [6.07, 6.45) is 4.14. The molecule has 3 N–H and O–H groups in total. The Morgan fingerprint density at radius 2 is 0.823 bits per heavy atom. The predicted molar refractivity (Wildman–Crippen MR) is 323 cm³/mol. The van der Waals surface area contributed by atoms with Crippen molar-refractivity contribution >= 4 is 73.2 Å². The van der Waals surface area contributed by atoms with Crippen molar-refractivity contribution in [3.8, 4) is 73.5 Å². The third kappa shape index (κ3) is 15.5. The Morgan fingerprint density at radius 1 is 0.430 bits per heavy atom. The van der Waals surface area contributed by atoms with Crippen LogP contribution in [-0.2, 0) is 0 Å². The van der Waals surface area contributed by atoms with Crippen LogP contribution in [-0.4, -0.2) is 65.1 Å². The summed E-state index contributed by atoms with van der Waals surface area (Å²) in [4.78, 5) is 42.8. The standard InChI is InChI=1S/C28H20N2O2.C21H15BrN2.C8H6Br2O.C7H6BO4/c31-28(32)24-14-8-12-22(18-24)21-11-7-13-23(17-21)26-19-30(25-15-5-2-6-16-25)27(29-26)20-9-3-1-4-10-20;22-18-11-7-10-17(14-18)20-15-24(19-12-5-2-6-13-19)21(23-20)16-8-3-1-4-9-16;9-5-8(11)6-2-1-3-7(10)4-6;9-7(10)5-2-1-3-6(4-5)12-8-11/h1-19H,(H,31,32);1-15H;1-4H,5H2;1-4,11H,(H,9,10). The Kier molecular flexibility index (Phi) is 20.1. The van der Waals surface area contributed by atoms with Crippen LogP contribution in [0.3, 0.4) is 0 Å². The summed E-state index contributed by atoms with van der Waals surface area (Å²) in [5.74, 6) is 0.237. The summed E-state index contributed by atoms with van der Waals surface area (Å²) in [6.45, 7) is 0. The number of imidazole rings is 2. The maximum absolute atomic E-state index is 11.4. The molecule has 0 bridgehead atoms. The van der Waals surface area contributed by atoms with Gasteiger partial charge in [0.15, 0.2) is 5.78 Å². The lowest BCUT2D eigenvalue weighted by atomic mass is 10.0. The number of hydrogen-bond donors (Lipinski definition) is 3. The molecule has 11 nitrogen and oxygen atoms in total. The second-order valence-corrected chi connectivity index (χ2v) is 19.5. The molecule has 2 aromatic heterocycles. The number of benzene rings is 9. The maximum atomic E-state index is 11.4. The second kappa shape index (κ2) is 28.1. The highest BCUT2D eigenvalue weighted by Gasteiger charge is 2.16. The molecular weight excluding hydrogens is 1190 g/mol. The number of carbonyl (C=O) groups is 3. The molecule has 389 valence electrons. The molecule has 0 fully saturated rings. The summed E-state index contributed by atoms with van der Waals surface area (Å²) in [5.41, 5.74) is 11.1. The molecule has 0 aliphatic rings. The fourth-order valence-electron chi connectivity index (χ4n) is 8.03. The molecule has 0 amide bonds. The van der Waals surface area contributed by atoms with Gasteiger partial charge in [-0.15, -0.1) is 0 Å². The lowest BCUT2D eigenvalue weighted by Crippen LogP contribution is -2.01. The van der Waals surface area contributed by atoms with Gasteiger partial charge in [-0.3, -0.25) is 13.9 Å². The van der Waals surface area contributed by atoms with E-state index in [-0.39, 0.29) is 22.7 Å². The molecule has 0 spiro atoms. The number of carbonyl (C=O) groups excluding carboxylic acids is 1. The van der Waals surface area contributed by atoms with Crippen LogP contribution in [0.1, 0.15) is 31.1 Å². The lowest BCUT2D eigenvalue weighted by molar-refractivity contribution is 0.0686. The molecule has 0 atom stereocenters. The first-order valence-corrected chi connectivity index (χ1v) is 27.1. The Hall–Kier alpha value is -8.73. The van der Waals surface area contributed by atoms with Crippen LogP contribution < -0.4 is 4.65 Å². The van der Waals surface area contributed by atoms with Crippen molar-refractivity contribution in [2.24, 2.45) is 0 Å². The molecule has 0 unspecified atom stereocenters. The number of alkyl halides is 1. The highest BCUT2D eigenvalue weighted by atomic mass is 79.9. The summed E-state index contributed by atoms with van der Waals surface area (Å²) < 4.78 is 10.8. The zero-order valence-electron chi connectivity index (χ0n) is 41.9. The quantitative estimate of drug-likeness (QED) is 0.0581. The molecule has 0 aliphatic carbocycles. The average molecular weight is 1230 g/mol. The summed E-state index contributed by atoms with van der Waals surface area (Å²) in [6, 6.07) is 77.3. The molecule has 9 aromatic carbocycles. The molecule has 0 saturated carbocycles. The van der Waals surface area contributed by atoms with Crippen LogP contribution in [0.2, 0.25) is 0 Å². The first kappa shape index (κ1) is 56.5. The number of halogens is 3. The number of para-hydroxylation sites is 2. The van der Waals surface area contributed by atoms with Crippen molar-refractivity contribution in [3.05, 3.63) is 281 Å². The normalized spacial score (nSPS) is 10.3. The largest absolute Gasteiger partial charge is 0.569 e. The van der Waals surface area contributed by atoms with Crippen molar-refractivity contribution in [2.75, 3.05) is 5.33 Å². The first-order valence-electron chi connectivity index (χ1n) is 24.4. The Labute approximate surface area is 482 Å². The van der Waals surface area contributed by atoms with E-state index in [2.05, 4.69) is 128 Å². The van der Waals surface area contributed by atoms with Gasteiger partial charge in [0.1, 0.15) is 17.4 Å². The molecule has 1 radical (unpaired) electrons. The molecule has 79 heavy (non-hydrogen) atoms. The summed E-state index contributed by atoms with van der Waals surface area (Å²) >= 11 is 9.94. The van der Waals surface area contributed by atoms with Crippen molar-refractivity contribution in [1.29, 1.82) is 0 Å². The average Bonchev–Trinajstić information content (AvgIpc) is 4.20. The number of aromatic nitrogens is 4. The van der Waals surface area contributed by atoms with E-state index in [9.17, 15) is 19.5 Å². The van der Waals surface area contributed by atoms with Gasteiger partial charge in [0.2, 0.25) is 0 Å². The number of carboxylic acids is 2. The second-order valence-electron chi connectivity index (χ2n) is 17.1. The van der Waals surface area contributed by atoms with Gasteiger partial charge in [0.05, 0.1) is 27.8 Å². The highest BCUT2D eigenvalue weighted by Crippen LogP contribution is 2.32. The minimum atomic E-state index is -1.03. The zero-order chi connectivity index (χ0) is 55.5. The van der Waals surface area contributed by atoms with E-state index in [0.29, 0.717) is 13.0 Å². The minimum absolute atomic E-state index is 0.103. The fraction of sp³-hybridized carbons (Fsp3) is 0.0156. The van der Waals surface area contributed by atoms with Gasteiger partial charge < -0.3 is 19.9 Å². The van der Waals surface area contributed by atoms with Crippen LogP contribution in [0.15, 0.2) is 264 Å². The van der Waals surface area contributed by atoms with Gasteiger partial charge in [-0.1, -0.05) is 206 Å². The molecule has 15 heteroatoms. The van der Waals surface area contributed by atoms with E-state index in [1.807, 2.05) is 140 Å². The zero-order valence-corrected chi connectivity index (χ0v) is 46.7. The van der Waals surface area contributed by atoms with Crippen LogP contribution in [0.25, 0.3) is 67.8 Å². The van der Waals surface area contributed by atoms with Crippen LogP contribution >= 0.6 is 47.8 Å². The van der Waals surface area contributed by atoms with Gasteiger partial charge in [0.25, 0.3) is 0 Å². The third-order valence-corrected chi connectivity index (χ3v) is 13.3. The SMILES string of the molecule is Brc1cccc(-c2cn(-c3ccccc3)c(-c3ccccc3)n2)c1.O=C(CBr)c1cccc(Br)c1.O=C(O)c1cccc(-c2cccc(-c3cn(-c4ccccc4)c(-c4ccccc4)n3)c2)c1.O=C(O)c1cccc(O[B]O)c1. The van der Waals surface area contributed by atoms with Crippen molar-refractivity contribution in [3.63, 3.8) is 0 Å². The van der Waals surface area contributed by atoms with E-state index in [1.165, 1.54) is 18.2 Å².